The Morgan fingerprint density at radius 2 is 1.88 bits per heavy atom. The normalized spacial score (nSPS) is 12.6. The Labute approximate surface area is 147 Å². The van der Waals surface area contributed by atoms with Gasteiger partial charge >= 0.3 is 0 Å². The van der Waals surface area contributed by atoms with Gasteiger partial charge in [-0.05, 0) is 31.2 Å². The van der Waals surface area contributed by atoms with Crippen molar-refractivity contribution in [2.75, 3.05) is 0 Å². The third-order valence-electron chi connectivity index (χ3n) is 3.42. The number of halogens is 1. The van der Waals surface area contributed by atoms with Crippen LogP contribution in [-0.2, 0) is 0 Å². The Morgan fingerprint density at radius 1 is 1.04 bits per heavy atom. The topological polar surface area (TPSA) is 65.0 Å². The predicted octanol–water partition coefficient (Wildman–Crippen LogP) is 5.38. The highest BCUT2D eigenvalue weighted by atomic mass is 35.5. The Hall–Kier alpha value is -2.31. The maximum absolute atomic E-state index is 5.96. The number of hydrogen-bond acceptors (Lipinski definition) is 6. The summed E-state index contributed by atoms with van der Waals surface area (Å²) in [7, 11) is 0. The molecule has 0 N–H and O–H groups in total. The van der Waals surface area contributed by atoms with Gasteiger partial charge in [0.25, 0.3) is 5.22 Å². The van der Waals surface area contributed by atoms with Gasteiger partial charge in [0.1, 0.15) is 5.52 Å². The first kappa shape index (κ1) is 15.2. The first-order valence-corrected chi connectivity index (χ1v) is 8.56. The van der Waals surface area contributed by atoms with E-state index in [9.17, 15) is 0 Å². The summed E-state index contributed by atoms with van der Waals surface area (Å²) in [6, 6.07) is 15.0. The highest BCUT2D eigenvalue weighted by molar-refractivity contribution is 7.99. The van der Waals surface area contributed by atoms with Crippen LogP contribution in [0.1, 0.15) is 18.1 Å². The van der Waals surface area contributed by atoms with E-state index in [0.29, 0.717) is 27.6 Å². The van der Waals surface area contributed by atoms with Crippen LogP contribution in [0.5, 0.6) is 0 Å². The van der Waals surface area contributed by atoms with Crippen molar-refractivity contribution in [3.63, 3.8) is 0 Å². The smallest absolute Gasteiger partial charge is 0.257 e. The number of oxazole rings is 1. The van der Waals surface area contributed by atoms with Crippen LogP contribution in [0.4, 0.5) is 0 Å². The van der Waals surface area contributed by atoms with E-state index in [1.54, 1.807) is 12.1 Å². The Morgan fingerprint density at radius 3 is 2.71 bits per heavy atom. The lowest BCUT2D eigenvalue weighted by Gasteiger charge is -2.01. The van der Waals surface area contributed by atoms with Crippen molar-refractivity contribution in [3.8, 4) is 11.5 Å². The van der Waals surface area contributed by atoms with Gasteiger partial charge in [0.2, 0.25) is 11.8 Å². The minimum atomic E-state index is -0.0847. The zero-order valence-electron chi connectivity index (χ0n) is 12.6. The number of hydrogen-bond donors (Lipinski definition) is 0. The summed E-state index contributed by atoms with van der Waals surface area (Å²) in [6.45, 7) is 1.97. The van der Waals surface area contributed by atoms with E-state index in [2.05, 4.69) is 15.2 Å². The molecule has 0 aliphatic carbocycles. The lowest BCUT2D eigenvalue weighted by molar-refractivity contribution is 0.481. The van der Waals surface area contributed by atoms with Gasteiger partial charge < -0.3 is 8.83 Å². The van der Waals surface area contributed by atoms with E-state index in [-0.39, 0.29) is 5.25 Å². The van der Waals surface area contributed by atoms with Crippen molar-refractivity contribution in [2.45, 2.75) is 17.4 Å². The molecule has 24 heavy (non-hydrogen) atoms. The average Bonchev–Trinajstić information content (AvgIpc) is 3.22. The minimum Gasteiger partial charge on any atom is -0.431 e. The molecule has 2 aromatic carbocycles. The number of benzene rings is 2. The number of rotatable bonds is 4. The molecule has 0 amide bonds. The summed E-state index contributed by atoms with van der Waals surface area (Å²) >= 11 is 7.38. The van der Waals surface area contributed by atoms with Gasteiger partial charge in [-0.2, -0.15) is 0 Å². The van der Waals surface area contributed by atoms with Crippen LogP contribution in [0.25, 0.3) is 22.6 Å². The van der Waals surface area contributed by atoms with Gasteiger partial charge in [-0.25, -0.2) is 4.98 Å². The number of thioether (sulfide) groups is 1. The molecule has 120 valence electrons. The second-order valence-corrected chi connectivity index (χ2v) is 6.89. The molecule has 0 saturated carbocycles. The predicted molar refractivity (Wildman–Crippen MR) is 93.0 cm³/mol. The summed E-state index contributed by atoms with van der Waals surface area (Å²) in [4.78, 5) is 4.43. The monoisotopic (exact) mass is 357 g/mol. The largest absolute Gasteiger partial charge is 0.431 e. The van der Waals surface area contributed by atoms with Gasteiger partial charge in [0.05, 0.1) is 5.25 Å². The molecule has 5 nitrogen and oxygen atoms in total. The molecule has 4 rings (SSSR count). The summed E-state index contributed by atoms with van der Waals surface area (Å²) in [6.07, 6.45) is 0. The molecule has 0 bridgehead atoms. The molecule has 2 aromatic heterocycles. The summed E-state index contributed by atoms with van der Waals surface area (Å²) in [5.74, 6) is 1.03. The maximum Gasteiger partial charge on any atom is 0.257 e. The van der Waals surface area contributed by atoms with Gasteiger partial charge in [-0.3, -0.25) is 0 Å². The van der Waals surface area contributed by atoms with Crippen LogP contribution in [0.15, 0.2) is 62.6 Å². The molecule has 0 radical (unpaired) electrons. The average molecular weight is 358 g/mol. The molecule has 0 spiro atoms. The van der Waals surface area contributed by atoms with Crippen molar-refractivity contribution in [1.29, 1.82) is 0 Å². The Kier molecular flexibility index (Phi) is 4.00. The fourth-order valence-corrected chi connectivity index (χ4v) is 3.18. The van der Waals surface area contributed by atoms with E-state index in [1.165, 1.54) is 11.8 Å². The first-order chi connectivity index (χ1) is 11.7. The molecular weight excluding hydrogens is 346 g/mol. The lowest BCUT2D eigenvalue weighted by atomic mass is 10.2. The lowest BCUT2D eigenvalue weighted by Crippen LogP contribution is -1.88. The SMILES string of the molecule is CC(Sc1nc2ccc(Cl)cc2o1)c1nnc(-c2ccccc2)o1. The van der Waals surface area contributed by atoms with E-state index in [4.69, 9.17) is 20.4 Å². The molecule has 0 aliphatic rings. The molecule has 0 fully saturated rings. The molecule has 0 aliphatic heterocycles. The van der Waals surface area contributed by atoms with Crippen LogP contribution in [0.3, 0.4) is 0 Å². The summed E-state index contributed by atoms with van der Waals surface area (Å²) in [5.41, 5.74) is 2.32. The van der Waals surface area contributed by atoms with Crippen molar-refractivity contribution in [3.05, 3.63) is 59.4 Å². The fraction of sp³-hybridized carbons (Fsp3) is 0.118. The Bertz CT molecular complexity index is 984. The second kappa shape index (κ2) is 6.30. The Balaban J connectivity index is 1.55. The standard InChI is InChI=1S/C17H12ClN3O2S/c1-10(15-20-21-16(23-15)11-5-3-2-4-6-11)24-17-19-13-8-7-12(18)9-14(13)22-17/h2-10H,1H3. The summed E-state index contributed by atoms with van der Waals surface area (Å²) in [5, 5.41) is 9.31. The van der Waals surface area contributed by atoms with Gasteiger partial charge in [-0.15, -0.1) is 10.2 Å². The van der Waals surface area contributed by atoms with E-state index < -0.39 is 0 Å². The molecule has 1 atom stereocenters. The van der Waals surface area contributed by atoms with Gasteiger partial charge in [-0.1, -0.05) is 41.6 Å². The molecule has 2 heterocycles. The van der Waals surface area contributed by atoms with E-state index in [0.717, 1.165) is 11.1 Å². The fourth-order valence-electron chi connectivity index (χ4n) is 2.23. The quantitative estimate of drug-likeness (QED) is 0.456. The van der Waals surface area contributed by atoms with Crippen molar-refractivity contribution in [2.24, 2.45) is 0 Å². The highest BCUT2D eigenvalue weighted by Gasteiger charge is 2.19. The molecule has 4 aromatic rings. The van der Waals surface area contributed by atoms with Gasteiger partial charge in [0.15, 0.2) is 5.58 Å². The molecule has 0 saturated heterocycles. The third-order valence-corrected chi connectivity index (χ3v) is 4.58. The van der Waals surface area contributed by atoms with Crippen LogP contribution < -0.4 is 0 Å². The van der Waals surface area contributed by atoms with Crippen LogP contribution in [0, 0.1) is 0 Å². The molecule has 7 heteroatoms. The number of nitrogens with zero attached hydrogens (tertiary/aromatic N) is 3. The maximum atomic E-state index is 5.96. The van der Waals surface area contributed by atoms with E-state index in [1.807, 2.05) is 43.3 Å². The molecular formula is C17H12ClN3O2S. The van der Waals surface area contributed by atoms with Crippen LogP contribution in [-0.4, -0.2) is 15.2 Å². The summed E-state index contributed by atoms with van der Waals surface area (Å²) < 4.78 is 11.5. The van der Waals surface area contributed by atoms with E-state index >= 15 is 0 Å². The van der Waals surface area contributed by atoms with Crippen molar-refractivity contribution < 1.29 is 8.83 Å². The number of aromatic nitrogens is 3. The number of fused-ring (bicyclic) bond motifs is 1. The highest BCUT2D eigenvalue weighted by Crippen LogP contribution is 2.36. The second-order valence-electron chi connectivity index (χ2n) is 5.16. The van der Waals surface area contributed by atoms with Gasteiger partial charge in [0, 0.05) is 16.7 Å². The van der Waals surface area contributed by atoms with Crippen LogP contribution in [0.2, 0.25) is 5.02 Å². The first-order valence-electron chi connectivity index (χ1n) is 7.30. The zero-order valence-corrected chi connectivity index (χ0v) is 14.2. The molecule has 1 unspecified atom stereocenters. The third kappa shape index (κ3) is 3.02. The minimum absolute atomic E-state index is 0.0847. The zero-order chi connectivity index (χ0) is 16.5. The van der Waals surface area contributed by atoms with Crippen molar-refractivity contribution >= 4 is 34.5 Å². The van der Waals surface area contributed by atoms with Crippen molar-refractivity contribution in [1.82, 2.24) is 15.2 Å². The van der Waals surface area contributed by atoms with Crippen LogP contribution >= 0.6 is 23.4 Å².